The molecule has 5 rings (SSSR count). The molecule has 0 amide bonds. The third-order valence-electron chi connectivity index (χ3n) is 6.26. The molecule has 1 aliphatic heterocycles. The molecule has 1 fully saturated rings. The lowest BCUT2D eigenvalue weighted by Gasteiger charge is -2.26. The van der Waals surface area contributed by atoms with Crippen molar-refractivity contribution in [2.75, 3.05) is 4.90 Å². The first-order valence-electron chi connectivity index (χ1n) is 11.0. The standard InChI is InChI=1S/C27H22ClN3O3S/c1-15-6-8-18(13-16(15)2)31-25(24(30-27(31)35)21-5-3-4-12-29-21)23-11-10-22(34-23)19-14-17(26(32)33)7-9-20(19)28/h3-14,24-25H,1-2H3,(H,30,35)(H,32,33)/t24-,25-/m1/s1. The van der Waals surface area contributed by atoms with Crippen LogP contribution in [0.4, 0.5) is 5.69 Å². The number of carbonyl (C=O) groups is 1. The molecule has 2 atom stereocenters. The number of rotatable bonds is 5. The fourth-order valence-electron chi connectivity index (χ4n) is 4.30. The SMILES string of the molecule is Cc1ccc(N2C(=S)N[C@H](c3ccccn3)[C@H]2c2ccc(-c3cc(C(=O)O)ccc3Cl)o2)cc1C. The third-order valence-corrected chi connectivity index (χ3v) is 6.91. The number of aromatic carboxylic acids is 1. The van der Waals surface area contributed by atoms with Gasteiger partial charge in [-0.05, 0) is 91.8 Å². The molecule has 0 saturated carbocycles. The van der Waals surface area contributed by atoms with Crippen LogP contribution in [0.2, 0.25) is 5.02 Å². The van der Waals surface area contributed by atoms with E-state index in [9.17, 15) is 9.90 Å². The monoisotopic (exact) mass is 503 g/mol. The number of nitrogens with one attached hydrogen (secondary N) is 1. The minimum atomic E-state index is -1.03. The van der Waals surface area contributed by atoms with E-state index in [0.717, 1.165) is 16.9 Å². The Kier molecular flexibility index (Phi) is 6.05. The highest BCUT2D eigenvalue weighted by molar-refractivity contribution is 7.80. The van der Waals surface area contributed by atoms with Crippen molar-refractivity contribution in [1.82, 2.24) is 10.3 Å². The lowest BCUT2D eigenvalue weighted by Crippen LogP contribution is -2.29. The number of hydrogen-bond donors (Lipinski definition) is 2. The maximum Gasteiger partial charge on any atom is 0.335 e. The lowest BCUT2D eigenvalue weighted by molar-refractivity contribution is 0.0697. The normalized spacial score (nSPS) is 17.5. The van der Waals surface area contributed by atoms with Gasteiger partial charge in [-0.15, -0.1) is 0 Å². The first kappa shape index (κ1) is 23.1. The molecule has 6 nitrogen and oxygen atoms in total. The van der Waals surface area contributed by atoms with Gasteiger partial charge in [0, 0.05) is 17.4 Å². The van der Waals surface area contributed by atoms with Gasteiger partial charge in [0.05, 0.1) is 22.3 Å². The minimum Gasteiger partial charge on any atom is -0.478 e. The summed E-state index contributed by atoms with van der Waals surface area (Å²) >= 11 is 12.2. The Balaban J connectivity index is 1.62. The Labute approximate surface area is 213 Å². The van der Waals surface area contributed by atoms with E-state index in [1.54, 1.807) is 18.3 Å². The van der Waals surface area contributed by atoms with Gasteiger partial charge in [0.1, 0.15) is 17.6 Å². The molecule has 176 valence electrons. The van der Waals surface area contributed by atoms with E-state index >= 15 is 0 Å². The van der Waals surface area contributed by atoms with Crippen LogP contribution >= 0.6 is 23.8 Å². The molecule has 3 heterocycles. The zero-order valence-corrected chi connectivity index (χ0v) is 20.6. The van der Waals surface area contributed by atoms with Gasteiger partial charge in [-0.3, -0.25) is 4.98 Å². The highest BCUT2D eigenvalue weighted by atomic mass is 35.5. The number of halogens is 1. The second-order valence-electron chi connectivity index (χ2n) is 8.47. The van der Waals surface area contributed by atoms with E-state index in [1.807, 2.05) is 35.2 Å². The number of pyridine rings is 1. The molecule has 0 spiro atoms. The fourth-order valence-corrected chi connectivity index (χ4v) is 4.86. The van der Waals surface area contributed by atoms with Crippen LogP contribution in [-0.4, -0.2) is 21.2 Å². The summed E-state index contributed by atoms with van der Waals surface area (Å²) < 4.78 is 6.33. The van der Waals surface area contributed by atoms with Crippen molar-refractivity contribution in [3.8, 4) is 11.3 Å². The van der Waals surface area contributed by atoms with Gasteiger partial charge in [0.25, 0.3) is 0 Å². The van der Waals surface area contributed by atoms with Crippen LogP contribution in [0, 0.1) is 13.8 Å². The summed E-state index contributed by atoms with van der Waals surface area (Å²) in [6.07, 6.45) is 1.75. The van der Waals surface area contributed by atoms with Crippen LogP contribution in [0.3, 0.4) is 0 Å². The quantitative estimate of drug-likeness (QED) is 0.301. The Bertz CT molecular complexity index is 1440. The fraction of sp³-hybridized carbons (Fsp3) is 0.148. The second kappa shape index (κ2) is 9.17. The molecule has 0 aliphatic carbocycles. The molecule has 0 bridgehead atoms. The molecular formula is C27H22ClN3O3S. The van der Waals surface area contributed by atoms with Gasteiger partial charge >= 0.3 is 5.97 Å². The molecule has 35 heavy (non-hydrogen) atoms. The number of aryl methyl sites for hydroxylation is 2. The molecule has 8 heteroatoms. The molecule has 0 radical (unpaired) electrons. The van der Waals surface area contributed by atoms with Gasteiger partial charge in [-0.25, -0.2) is 4.79 Å². The van der Waals surface area contributed by atoms with Gasteiger partial charge in [-0.2, -0.15) is 0 Å². The number of nitrogens with zero attached hydrogens (tertiary/aromatic N) is 2. The molecule has 4 aromatic rings. The van der Waals surface area contributed by atoms with Gasteiger partial charge in [-0.1, -0.05) is 23.7 Å². The maximum atomic E-state index is 11.5. The number of aromatic nitrogens is 1. The van der Waals surface area contributed by atoms with Crippen molar-refractivity contribution >= 4 is 40.6 Å². The highest BCUT2D eigenvalue weighted by Crippen LogP contribution is 2.43. The minimum absolute atomic E-state index is 0.134. The summed E-state index contributed by atoms with van der Waals surface area (Å²) in [5, 5.41) is 13.8. The summed E-state index contributed by atoms with van der Waals surface area (Å²) in [5.41, 5.74) is 4.77. The molecule has 2 aromatic heterocycles. The van der Waals surface area contributed by atoms with Gasteiger partial charge < -0.3 is 19.7 Å². The van der Waals surface area contributed by atoms with E-state index in [-0.39, 0.29) is 17.6 Å². The summed E-state index contributed by atoms with van der Waals surface area (Å²) in [6.45, 7) is 4.14. The van der Waals surface area contributed by atoms with Gasteiger partial charge in [0.15, 0.2) is 5.11 Å². The van der Waals surface area contributed by atoms with Crippen molar-refractivity contribution in [2.24, 2.45) is 0 Å². The van der Waals surface area contributed by atoms with E-state index < -0.39 is 5.97 Å². The van der Waals surface area contributed by atoms with Crippen LogP contribution < -0.4 is 10.2 Å². The summed E-state index contributed by atoms with van der Waals surface area (Å²) in [5.74, 6) is 0.0971. The lowest BCUT2D eigenvalue weighted by atomic mass is 10.0. The van der Waals surface area contributed by atoms with Crippen LogP contribution in [0.5, 0.6) is 0 Å². The number of carboxylic acid groups (broad SMARTS) is 1. The number of hydrogen-bond acceptors (Lipinski definition) is 4. The molecule has 2 aromatic carbocycles. The van der Waals surface area contributed by atoms with Crippen LogP contribution in [-0.2, 0) is 0 Å². The molecule has 1 aliphatic rings. The van der Waals surface area contributed by atoms with E-state index in [4.69, 9.17) is 28.2 Å². The van der Waals surface area contributed by atoms with Crippen molar-refractivity contribution in [3.63, 3.8) is 0 Å². The number of carboxylic acids is 1. The summed E-state index contributed by atoms with van der Waals surface area (Å²) in [6, 6.07) is 19.6. The summed E-state index contributed by atoms with van der Waals surface area (Å²) in [7, 11) is 0. The number of anilines is 1. The van der Waals surface area contributed by atoms with Gasteiger partial charge in [0.2, 0.25) is 0 Å². The largest absolute Gasteiger partial charge is 0.478 e. The topological polar surface area (TPSA) is 78.6 Å². The Morgan fingerprint density at radius 2 is 1.91 bits per heavy atom. The number of furan rings is 1. The Hall–Kier alpha value is -3.68. The average Bonchev–Trinajstić information content (AvgIpc) is 3.46. The smallest absolute Gasteiger partial charge is 0.335 e. The number of benzene rings is 2. The molecular weight excluding hydrogens is 482 g/mol. The van der Waals surface area contributed by atoms with Crippen LogP contribution in [0.25, 0.3) is 11.3 Å². The van der Waals surface area contributed by atoms with Crippen molar-refractivity contribution in [1.29, 1.82) is 0 Å². The van der Waals surface area contributed by atoms with E-state index in [2.05, 4.69) is 36.3 Å². The average molecular weight is 504 g/mol. The molecule has 0 unspecified atom stereocenters. The van der Waals surface area contributed by atoms with Crippen molar-refractivity contribution in [2.45, 2.75) is 25.9 Å². The molecule has 2 N–H and O–H groups in total. The predicted molar refractivity (Wildman–Crippen MR) is 140 cm³/mol. The third kappa shape index (κ3) is 4.29. The molecule has 1 saturated heterocycles. The first-order valence-corrected chi connectivity index (χ1v) is 11.8. The van der Waals surface area contributed by atoms with E-state index in [0.29, 0.717) is 27.2 Å². The van der Waals surface area contributed by atoms with Crippen molar-refractivity contribution < 1.29 is 14.3 Å². The predicted octanol–water partition coefficient (Wildman–Crippen LogP) is 6.49. The second-order valence-corrected chi connectivity index (χ2v) is 9.26. The Morgan fingerprint density at radius 3 is 2.63 bits per heavy atom. The zero-order chi connectivity index (χ0) is 24.7. The van der Waals surface area contributed by atoms with E-state index in [1.165, 1.54) is 17.7 Å². The zero-order valence-electron chi connectivity index (χ0n) is 19.0. The maximum absolute atomic E-state index is 11.5. The van der Waals surface area contributed by atoms with Crippen LogP contribution in [0.15, 0.2) is 77.3 Å². The van der Waals surface area contributed by atoms with Crippen LogP contribution in [0.1, 0.15) is 45.0 Å². The highest BCUT2D eigenvalue weighted by Gasteiger charge is 2.42. The Morgan fingerprint density at radius 1 is 1.09 bits per heavy atom. The first-order chi connectivity index (χ1) is 16.8. The number of thiocarbonyl (C=S) groups is 1. The summed E-state index contributed by atoms with van der Waals surface area (Å²) in [4.78, 5) is 18.1. The van der Waals surface area contributed by atoms with Crippen molar-refractivity contribution in [3.05, 3.63) is 106 Å².